The number of nitrogens with one attached hydrogen (secondary N) is 1. The Balaban J connectivity index is 1.88. The van der Waals surface area contributed by atoms with Crippen molar-refractivity contribution >= 4 is 11.3 Å². The van der Waals surface area contributed by atoms with Gasteiger partial charge in [0.15, 0.2) is 0 Å². The van der Waals surface area contributed by atoms with Crippen LogP contribution in [-0.2, 0) is 12.8 Å². The molecular formula is C10H17N3S. The topological polar surface area (TPSA) is 50.9 Å². The highest BCUT2D eigenvalue weighted by atomic mass is 32.1. The third-order valence-electron chi connectivity index (χ3n) is 2.62. The quantitative estimate of drug-likeness (QED) is 0.774. The predicted octanol–water partition coefficient (Wildman–Crippen LogP) is 0.796. The molecular weight excluding hydrogens is 194 g/mol. The molecule has 0 radical (unpaired) electrons. The van der Waals surface area contributed by atoms with Crippen LogP contribution in [0.5, 0.6) is 0 Å². The lowest BCUT2D eigenvalue weighted by atomic mass is 10.1. The fourth-order valence-corrected chi connectivity index (χ4v) is 2.89. The van der Waals surface area contributed by atoms with E-state index in [0.29, 0.717) is 0 Å². The minimum Gasteiger partial charge on any atom is -0.330 e. The van der Waals surface area contributed by atoms with Gasteiger partial charge in [-0.05, 0) is 38.4 Å². The average Bonchev–Trinajstić information content (AvgIpc) is 2.79. The summed E-state index contributed by atoms with van der Waals surface area (Å²) in [5.41, 5.74) is 5.50. The first kappa shape index (κ1) is 10.1. The second-order valence-corrected chi connectivity index (χ2v) is 5.02. The van der Waals surface area contributed by atoms with Gasteiger partial charge in [0.2, 0.25) is 0 Å². The molecule has 1 aliphatic heterocycles. The first-order chi connectivity index (χ1) is 6.88. The summed E-state index contributed by atoms with van der Waals surface area (Å²) in [5, 5.41) is 4.66. The number of aromatic nitrogens is 1. The normalized spacial score (nSPS) is 21.6. The van der Waals surface area contributed by atoms with Crippen LogP contribution in [0.2, 0.25) is 0 Å². The van der Waals surface area contributed by atoms with E-state index in [1.54, 1.807) is 0 Å². The summed E-state index contributed by atoms with van der Waals surface area (Å²) >= 11 is 1.83. The molecule has 1 saturated heterocycles. The molecule has 0 spiro atoms. The van der Waals surface area contributed by atoms with Crippen LogP contribution in [0.1, 0.15) is 16.3 Å². The van der Waals surface area contributed by atoms with Crippen LogP contribution >= 0.6 is 11.3 Å². The summed E-state index contributed by atoms with van der Waals surface area (Å²) < 4.78 is 0. The van der Waals surface area contributed by atoms with E-state index in [-0.39, 0.29) is 0 Å². The molecule has 1 aromatic rings. The van der Waals surface area contributed by atoms with Crippen molar-refractivity contribution in [2.24, 2.45) is 11.7 Å². The van der Waals surface area contributed by atoms with E-state index in [1.807, 2.05) is 17.5 Å². The number of nitrogens with zero attached hydrogens (tertiary/aromatic N) is 1. The van der Waals surface area contributed by atoms with Gasteiger partial charge in [0.05, 0.1) is 5.01 Å². The average molecular weight is 211 g/mol. The van der Waals surface area contributed by atoms with Crippen molar-refractivity contribution in [3.63, 3.8) is 0 Å². The highest BCUT2D eigenvalue weighted by molar-refractivity contribution is 7.11. The van der Waals surface area contributed by atoms with Gasteiger partial charge in [-0.1, -0.05) is 0 Å². The minimum atomic E-state index is 0.729. The van der Waals surface area contributed by atoms with Gasteiger partial charge >= 0.3 is 0 Å². The summed E-state index contributed by atoms with van der Waals surface area (Å²) in [6.45, 7) is 3.06. The molecule has 14 heavy (non-hydrogen) atoms. The zero-order valence-electron chi connectivity index (χ0n) is 8.33. The van der Waals surface area contributed by atoms with Gasteiger partial charge in [0.1, 0.15) is 0 Å². The number of hydrogen-bond donors (Lipinski definition) is 2. The van der Waals surface area contributed by atoms with Gasteiger partial charge < -0.3 is 11.1 Å². The van der Waals surface area contributed by atoms with Crippen LogP contribution in [0.4, 0.5) is 0 Å². The summed E-state index contributed by atoms with van der Waals surface area (Å²) in [6, 6.07) is 0. The lowest BCUT2D eigenvalue weighted by molar-refractivity contribution is 0.578. The van der Waals surface area contributed by atoms with Crippen LogP contribution in [0, 0.1) is 5.92 Å². The second-order valence-electron chi connectivity index (χ2n) is 3.82. The van der Waals surface area contributed by atoms with E-state index < -0.39 is 0 Å². The molecule has 2 heterocycles. The van der Waals surface area contributed by atoms with Gasteiger partial charge in [-0.15, -0.1) is 11.3 Å². The maximum Gasteiger partial charge on any atom is 0.0930 e. The number of thiazole rings is 1. The van der Waals surface area contributed by atoms with E-state index in [2.05, 4.69) is 10.3 Å². The molecule has 1 unspecified atom stereocenters. The molecule has 1 fully saturated rings. The van der Waals surface area contributed by atoms with Crippen molar-refractivity contribution in [1.29, 1.82) is 0 Å². The van der Waals surface area contributed by atoms with E-state index in [1.165, 1.54) is 22.9 Å². The van der Waals surface area contributed by atoms with Crippen LogP contribution in [0.25, 0.3) is 0 Å². The van der Waals surface area contributed by atoms with Crippen molar-refractivity contribution in [2.45, 2.75) is 19.3 Å². The first-order valence-electron chi connectivity index (χ1n) is 5.23. The molecule has 2 rings (SSSR count). The van der Waals surface area contributed by atoms with E-state index in [0.717, 1.165) is 31.8 Å². The lowest BCUT2D eigenvalue weighted by Gasteiger charge is -2.03. The molecule has 1 aromatic heterocycles. The van der Waals surface area contributed by atoms with Gasteiger partial charge in [0, 0.05) is 17.5 Å². The SMILES string of the molecule is NCCc1cnc(CC2CCNC2)s1. The van der Waals surface area contributed by atoms with Crippen molar-refractivity contribution < 1.29 is 0 Å². The van der Waals surface area contributed by atoms with Gasteiger partial charge in [-0.3, -0.25) is 0 Å². The second kappa shape index (κ2) is 4.87. The van der Waals surface area contributed by atoms with E-state index in [4.69, 9.17) is 5.73 Å². The van der Waals surface area contributed by atoms with Crippen molar-refractivity contribution in [3.8, 4) is 0 Å². The minimum absolute atomic E-state index is 0.729. The molecule has 1 aliphatic rings. The smallest absolute Gasteiger partial charge is 0.0930 e. The molecule has 78 valence electrons. The molecule has 0 aromatic carbocycles. The van der Waals surface area contributed by atoms with Crippen molar-refractivity contribution in [2.75, 3.05) is 19.6 Å². The van der Waals surface area contributed by atoms with Crippen LogP contribution < -0.4 is 11.1 Å². The molecule has 0 amide bonds. The number of rotatable bonds is 4. The summed E-state index contributed by atoms with van der Waals surface area (Å²) in [6.07, 6.45) is 5.39. The third-order valence-corrected chi connectivity index (χ3v) is 3.70. The van der Waals surface area contributed by atoms with Gasteiger partial charge in [-0.25, -0.2) is 4.98 Å². The Labute approximate surface area is 88.7 Å². The largest absolute Gasteiger partial charge is 0.330 e. The van der Waals surface area contributed by atoms with E-state index >= 15 is 0 Å². The maximum absolute atomic E-state index is 5.50. The molecule has 0 saturated carbocycles. The third kappa shape index (κ3) is 2.53. The Bertz CT molecular complexity index is 279. The molecule has 3 nitrogen and oxygen atoms in total. The number of hydrogen-bond acceptors (Lipinski definition) is 4. The zero-order valence-corrected chi connectivity index (χ0v) is 9.15. The van der Waals surface area contributed by atoms with Crippen molar-refractivity contribution in [3.05, 3.63) is 16.1 Å². The van der Waals surface area contributed by atoms with Gasteiger partial charge in [0.25, 0.3) is 0 Å². The summed E-state index contributed by atoms with van der Waals surface area (Å²) in [5.74, 6) is 0.798. The zero-order chi connectivity index (χ0) is 9.80. The summed E-state index contributed by atoms with van der Waals surface area (Å²) in [4.78, 5) is 5.76. The maximum atomic E-state index is 5.50. The van der Waals surface area contributed by atoms with Crippen LogP contribution in [0.3, 0.4) is 0 Å². The highest BCUT2D eigenvalue weighted by Gasteiger charge is 2.16. The van der Waals surface area contributed by atoms with Crippen LogP contribution in [0.15, 0.2) is 6.20 Å². The fraction of sp³-hybridized carbons (Fsp3) is 0.700. The van der Waals surface area contributed by atoms with E-state index in [9.17, 15) is 0 Å². The van der Waals surface area contributed by atoms with Crippen LogP contribution in [-0.4, -0.2) is 24.6 Å². The molecule has 0 bridgehead atoms. The Morgan fingerprint density at radius 2 is 2.57 bits per heavy atom. The summed E-state index contributed by atoms with van der Waals surface area (Å²) in [7, 11) is 0. The molecule has 3 N–H and O–H groups in total. The Morgan fingerprint density at radius 1 is 1.64 bits per heavy atom. The Hall–Kier alpha value is -0.450. The number of nitrogens with two attached hydrogens (primary N) is 1. The highest BCUT2D eigenvalue weighted by Crippen LogP contribution is 2.19. The van der Waals surface area contributed by atoms with Gasteiger partial charge in [-0.2, -0.15) is 0 Å². The standard InChI is InChI=1S/C10H17N3S/c11-3-1-9-7-13-10(14-9)5-8-2-4-12-6-8/h7-8,12H,1-6,11H2. The predicted molar refractivity (Wildman–Crippen MR) is 59.6 cm³/mol. The first-order valence-corrected chi connectivity index (χ1v) is 6.04. The molecule has 1 atom stereocenters. The molecule has 4 heteroatoms. The lowest BCUT2D eigenvalue weighted by Crippen LogP contribution is -2.10. The molecule has 0 aliphatic carbocycles. The fourth-order valence-electron chi connectivity index (χ4n) is 1.84. The van der Waals surface area contributed by atoms with Crippen molar-refractivity contribution in [1.82, 2.24) is 10.3 Å². The Morgan fingerprint density at radius 3 is 3.29 bits per heavy atom. The Kier molecular flexibility index (Phi) is 3.50. The monoisotopic (exact) mass is 211 g/mol.